The largest absolute Gasteiger partial charge is 0.485 e. The topological polar surface area (TPSA) is 97.0 Å². The molecule has 52 heavy (non-hydrogen) atoms. The molecule has 0 bridgehead atoms. The van der Waals surface area contributed by atoms with Crippen LogP contribution in [0.1, 0.15) is 25.6 Å². The second-order valence-electron chi connectivity index (χ2n) is 12.7. The monoisotopic (exact) mass is 723 g/mol. The van der Waals surface area contributed by atoms with Crippen LogP contribution < -0.4 is 23.8 Å². The van der Waals surface area contributed by atoms with Crippen molar-refractivity contribution >= 4 is 45.8 Å². The van der Waals surface area contributed by atoms with Gasteiger partial charge in [0, 0.05) is 22.6 Å². The first kappa shape index (κ1) is 33.2. The maximum atomic E-state index is 10.0. The van der Waals surface area contributed by atoms with Gasteiger partial charge in [0.05, 0.1) is 31.2 Å². The lowest BCUT2D eigenvalue weighted by Crippen LogP contribution is -2.20. The van der Waals surface area contributed by atoms with Crippen LogP contribution in [0.4, 0.5) is 17.1 Å². The molecule has 0 spiro atoms. The fraction of sp³-hybridized carbons (Fsp3) is 0.190. The number of nitrogens with zero attached hydrogens (tertiary/aromatic N) is 3. The number of benzene rings is 3. The van der Waals surface area contributed by atoms with E-state index < -0.39 is 5.60 Å². The van der Waals surface area contributed by atoms with Crippen LogP contribution in [0.15, 0.2) is 113 Å². The summed E-state index contributed by atoms with van der Waals surface area (Å²) >= 11 is 3.14. The maximum absolute atomic E-state index is 10.0. The molecule has 10 heteroatoms. The summed E-state index contributed by atoms with van der Waals surface area (Å²) in [5.74, 6) is 3.04. The molecule has 0 unspecified atom stereocenters. The summed E-state index contributed by atoms with van der Waals surface area (Å²) in [6.07, 6.45) is 3.82. The summed E-state index contributed by atoms with van der Waals surface area (Å²) in [4.78, 5) is 5.84. The van der Waals surface area contributed by atoms with Gasteiger partial charge >= 0.3 is 0 Å². The third-order valence-corrected chi connectivity index (χ3v) is 11.5. The molecule has 5 aromatic rings. The van der Waals surface area contributed by atoms with E-state index in [1.54, 1.807) is 18.3 Å². The lowest BCUT2D eigenvalue weighted by molar-refractivity contribution is 0.0949. The zero-order valence-electron chi connectivity index (χ0n) is 28.8. The van der Waals surface area contributed by atoms with Crippen LogP contribution in [-0.2, 0) is 4.74 Å². The van der Waals surface area contributed by atoms with Gasteiger partial charge in [-0.3, -0.25) is 0 Å². The van der Waals surface area contributed by atoms with E-state index in [0.717, 1.165) is 47.9 Å². The second kappa shape index (κ2) is 13.6. The van der Waals surface area contributed by atoms with Crippen LogP contribution in [0, 0.1) is 22.7 Å². The Morgan fingerprint density at radius 1 is 0.673 bits per heavy atom. The first-order chi connectivity index (χ1) is 25.4. The molecular formula is C42H33N3O5S2. The van der Waals surface area contributed by atoms with Crippen molar-refractivity contribution in [2.75, 3.05) is 31.3 Å². The highest BCUT2D eigenvalue weighted by atomic mass is 32.1. The smallest absolute Gasteiger partial charge is 0.181 e. The van der Waals surface area contributed by atoms with Crippen LogP contribution in [0.3, 0.4) is 0 Å². The molecule has 258 valence electrons. The number of fused-ring (bicyclic) bond motifs is 2. The first-order valence-electron chi connectivity index (χ1n) is 16.9. The number of allylic oxidation sites excluding steroid dienone is 2. The van der Waals surface area contributed by atoms with Crippen LogP contribution in [-0.4, -0.2) is 32.0 Å². The minimum absolute atomic E-state index is 0.318. The van der Waals surface area contributed by atoms with Gasteiger partial charge in [-0.15, -0.1) is 22.7 Å². The standard InChI is InChI=1S/C42H33N3O5S2/c1-26(24-43)34-31(25-44)32(42(2,3)50-34)18-19-33-35-36(47-21-20-46-35)40(51-33)41-38-37(48-22-23-49-38)39(52-41)27-14-16-30(17-15-27)45(28-10-6-4-7-11-28)29-12-8-5-9-13-29/h4-19H,20-23H2,1-3H3/b19-18+,34-26?. The Bertz CT molecular complexity index is 2300. The zero-order chi connectivity index (χ0) is 35.8. The Morgan fingerprint density at radius 3 is 1.77 bits per heavy atom. The third kappa shape index (κ3) is 5.86. The molecule has 3 aromatic carbocycles. The van der Waals surface area contributed by atoms with Gasteiger partial charge in [0.2, 0.25) is 0 Å². The molecule has 0 N–H and O–H groups in total. The van der Waals surface area contributed by atoms with Gasteiger partial charge in [0.15, 0.2) is 28.8 Å². The van der Waals surface area contributed by atoms with Gasteiger partial charge in [-0.1, -0.05) is 54.6 Å². The van der Waals surface area contributed by atoms with Gasteiger partial charge in [-0.25, -0.2) is 0 Å². The normalized spacial score (nSPS) is 16.6. The van der Waals surface area contributed by atoms with Crippen molar-refractivity contribution in [3.05, 3.63) is 118 Å². The lowest BCUT2D eigenvalue weighted by Gasteiger charge is -2.25. The zero-order valence-corrected chi connectivity index (χ0v) is 30.4. The van der Waals surface area contributed by atoms with E-state index in [4.69, 9.17) is 23.7 Å². The molecule has 0 amide bonds. The van der Waals surface area contributed by atoms with Crippen molar-refractivity contribution in [2.45, 2.75) is 26.4 Å². The van der Waals surface area contributed by atoms with E-state index in [2.05, 4.69) is 65.6 Å². The molecule has 0 saturated heterocycles. The fourth-order valence-electron chi connectivity index (χ4n) is 6.54. The third-order valence-electron chi connectivity index (χ3n) is 8.97. The number of rotatable bonds is 7. The van der Waals surface area contributed by atoms with Crippen molar-refractivity contribution < 1.29 is 23.7 Å². The summed E-state index contributed by atoms with van der Waals surface area (Å²) in [5, 5.41) is 19.6. The molecule has 8 rings (SSSR count). The van der Waals surface area contributed by atoms with E-state index in [1.807, 2.05) is 62.4 Å². The van der Waals surface area contributed by atoms with Crippen LogP contribution in [0.25, 0.3) is 26.3 Å². The van der Waals surface area contributed by atoms with Crippen LogP contribution in [0.2, 0.25) is 0 Å². The number of para-hydroxylation sites is 2. The molecule has 0 atom stereocenters. The van der Waals surface area contributed by atoms with E-state index in [0.29, 0.717) is 66.2 Å². The molecule has 3 aliphatic rings. The minimum Gasteiger partial charge on any atom is -0.485 e. The first-order valence-corrected chi connectivity index (χ1v) is 18.5. The second-order valence-corrected chi connectivity index (χ2v) is 14.8. The van der Waals surface area contributed by atoms with Crippen LogP contribution >= 0.6 is 22.7 Å². The molecule has 0 radical (unpaired) electrons. The van der Waals surface area contributed by atoms with Crippen LogP contribution in [0.5, 0.6) is 23.0 Å². The van der Waals surface area contributed by atoms with Crippen molar-refractivity contribution in [2.24, 2.45) is 0 Å². The molecule has 8 nitrogen and oxygen atoms in total. The number of nitriles is 2. The van der Waals surface area contributed by atoms with Gasteiger partial charge in [0.1, 0.15) is 43.7 Å². The molecule has 0 fully saturated rings. The SMILES string of the molecule is CC(C#N)=C1OC(C)(C)C(/C=C/c2sc(-c3sc(-c4ccc(N(c5ccccc5)c5ccccc5)cc4)c4c3OCCO4)c3c2OCCO3)=C1C#N. The van der Waals surface area contributed by atoms with Crippen molar-refractivity contribution in [3.8, 4) is 55.3 Å². The minimum atomic E-state index is -0.797. The number of hydrogen-bond acceptors (Lipinski definition) is 10. The summed E-state index contributed by atoms with van der Waals surface area (Å²) in [5.41, 5.74) is 4.80. The maximum Gasteiger partial charge on any atom is 0.181 e. The predicted octanol–water partition coefficient (Wildman–Crippen LogP) is 10.6. The summed E-state index contributed by atoms with van der Waals surface area (Å²) in [6, 6.07) is 33.6. The highest BCUT2D eigenvalue weighted by molar-refractivity contribution is 7.25. The Morgan fingerprint density at radius 2 is 1.19 bits per heavy atom. The summed E-state index contributed by atoms with van der Waals surface area (Å²) in [7, 11) is 0. The van der Waals surface area contributed by atoms with Crippen molar-refractivity contribution in [1.82, 2.24) is 0 Å². The van der Waals surface area contributed by atoms with E-state index in [-0.39, 0.29) is 0 Å². The summed E-state index contributed by atoms with van der Waals surface area (Å²) < 4.78 is 31.2. The molecule has 0 saturated carbocycles. The highest BCUT2D eigenvalue weighted by Gasteiger charge is 2.38. The van der Waals surface area contributed by atoms with Gasteiger partial charge in [-0.05, 0) is 68.8 Å². The average molecular weight is 724 g/mol. The van der Waals surface area contributed by atoms with Gasteiger partial charge in [-0.2, -0.15) is 10.5 Å². The Balaban J connectivity index is 1.19. The number of hydrogen-bond donors (Lipinski definition) is 0. The van der Waals surface area contributed by atoms with Gasteiger partial charge in [0.25, 0.3) is 0 Å². The number of anilines is 3. The average Bonchev–Trinajstić information content (AvgIpc) is 3.83. The Kier molecular flexibility index (Phi) is 8.72. The number of ether oxygens (including phenoxy) is 5. The van der Waals surface area contributed by atoms with Crippen molar-refractivity contribution in [1.29, 1.82) is 10.5 Å². The van der Waals surface area contributed by atoms with E-state index in [1.165, 1.54) is 11.3 Å². The van der Waals surface area contributed by atoms with E-state index in [9.17, 15) is 10.5 Å². The number of thiophene rings is 2. The Hall–Kier alpha value is -5.94. The molecule has 5 heterocycles. The van der Waals surface area contributed by atoms with Gasteiger partial charge < -0.3 is 28.6 Å². The molecular weight excluding hydrogens is 691 g/mol. The molecule has 2 aromatic heterocycles. The lowest BCUT2D eigenvalue weighted by atomic mass is 9.94. The Labute approximate surface area is 310 Å². The van der Waals surface area contributed by atoms with Crippen molar-refractivity contribution in [3.63, 3.8) is 0 Å². The van der Waals surface area contributed by atoms with E-state index >= 15 is 0 Å². The predicted molar refractivity (Wildman–Crippen MR) is 205 cm³/mol. The quantitative estimate of drug-likeness (QED) is 0.153. The molecule has 3 aliphatic heterocycles. The highest BCUT2D eigenvalue weighted by Crippen LogP contribution is 2.60. The molecule has 0 aliphatic carbocycles. The summed E-state index contributed by atoms with van der Waals surface area (Å²) in [6.45, 7) is 7.17. The fourth-order valence-corrected chi connectivity index (χ4v) is 8.95.